The minimum Gasteiger partial charge on any atom is -0.459 e. The molecule has 138 valence electrons. The largest absolute Gasteiger partial charge is 0.459 e. The Kier molecular flexibility index (Phi) is 6.08. The molecule has 0 bridgehead atoms. The second-order valence-electron chi connectivity index (χ2n) is 6.21. The Morgan fingerprint density at radius 1 is 1.07 bits per heavy atom. The summed E-state index contributed by atoms with van der Waals surface area (Å²) in [6.07, 6.45) is -0.193. The molecule has 0 atom stereocenters. The van der Waals surface area contributed by atoms with E-state index in [2.05, 4.69) is 10.3 Å². The predicted molar refractivity (Wildman–Crippen MR) is 108 cm³/mol. The third-order valence-corrected chi connectivity index (χ3v) is 4.58. The first-order valence-electron chi connectivity index (χ1n) is 8.61. The number of aromatic nitrogens is 1. The molecule has 0 spiro atoms. The van der Waals surface area contributed by atoms with Gasteiger partial charge in [0.2, 0.25) is 5.91 Å². The number of nitrogens with one attached hydrogen (secondary N) is 1. The average Bonchev–Trinajstić information content (AvgIpc) is 2.66. The fraction of sp³-hybridized carbons (Fsp3) is 0.190. The standard InChI is InChI=1S/C21H20N2O3S/c1-14(2)26-21(25)16-7-5-8-17(12-16)22-19(24)13-27-20-11-10-15-6-3-4-9-18(15)23-20/h3-12,14H,13H2,1-2H3,(H,22,24). The van der Waals surface area contributed by atoms with Crippen LogP contribution in [0.2, 0.25) is 0 Å². The smallest absolute Gasteiger partial charge is 0.338 e. The van der Waals surface area contributed by atoms with Gasteiger partial charge >= 0.3 is 5.97 Å². The van der Waals surface area contributed by atoms with Crippen molar-refractivity contribution in [3.05, 3.63) is 66.2 Å². The molecular formula is C21H20N2O3S. The minimum atomic E-state index is -0.407. The van der Waals surface area contributed by atoms with Crippen LogP contribution in [0.1, 0.15) is 24.2 Å². The average molecular weight is 380 g/mol. The molecule has 1 aromatic heterocycles. The van der Waals surface area contributed by atoms with Crippen molar-refractivity contribution in [2.45, 2.75) is 25.0 Å². The molecule has 1 amide bonds. The molecule has 1 N–H and O–H groups in total. The Labute approximate surface area is 162 Å². The van der Waals surface area contributed by atoms with Gasteiger partial charge in [-0.15, -0.1) is 0 Å². The van der Waals surface area contributed by atoms with Gasteiger partial charge in [0.15, 0.2) is 0 Å². The van der Waals surface area contributed by atoms with Crippen molar-refractivity contribution in [3.63, 3.8) is 0 Å². The fourth-order valence-electron chi connectivity index (χ4n) is 2.47. The van der Waals surface area contributed by atoms with Crippen LogP contribution >= 0.6 is 11.8 Å². The van der Waals surface area contributed by atoms with Crippen molar-refractivity contribution in [2.75, 3.05) is 11.1 Å². The molecule has 3 rings (SSSR count). The van der Waals surface area contributed by atoms with Crippen molar-refractivity contribution in [1.82, 2.24) is 4.98 Å². The highest BCUT2D eigenvalue weighted by Crippen LogP contribution is 2.20. The highest BCUT2D eigenvalue weighted by molar-refractivity contribution is 7.99. The lowest BCUT2D eigenvalue weighted by Crippen LogP contribution is -2.15. The summed E-state index contributed by atoms with van der Waals surface area (Å²) in [6.45, 7) is 3.59. The van der Waals surface area contributed by atoms with Crippen LogP contribution in [0, 0.1) is 0 Å². The maximum absolute atomic E-state index is 12.2. The Balaban J connectivity index is 1.59. The lowest BCUT2D eigenvalue weighted by atomic mass is 10.2. The molecule has 27 heavy (non-hydrogen) atoms. The number of carbonyl (C=O) groups excluding carboxylic acids is 2. The first kappa shape index (κ1) is 18.9. The van der Waals surface area contributed by atoms with Gasteiger partial charge in [-0.3, -0.25) is 4.79 Å². The van der Waals surface area contributed by atoms with Gasteiger partial charge in [-0.05, 0) is 44.2 Å². The predicted octanol–water partition coefficient (Wildman–Crippen LogP) is 4.53. The number of amides is 1. The molecule has 0 fully saturated rings. The SMILES string of the molecule is CC(C)OC(=O)c1cccc(NC(=O)CSc2ccc3ccccc3n2)c1. The van der Waals surface area contributed by atoms with Crippen molar-refractivity contribution in [3.8, 4) is 0 Å². The Hall–Kier alpha value is -2.86. The van der Waals surface area contributed by atoms with Crippen LogP contribution in [0.15, 0.2) is 65.7 Å². The van der Waals surface area contributed by atoms with E-state index in [0.29, 0.717) is 11.3 Å². The Morgan fingerprint density at radius 3 is 2.70 bits per heavy atom. The van der Waals surface area contributed by atoms with E-state index in [0.717, 1.165) is 15.9 Å². The molecule has 0 aliphatic rings. The van der Waals surface area contributed by atoms with Crippen LogP contribution in [0.5, 0.6) is 0 Å². The normalized spacial score (nSPS) is 10.8. The summed E-state index contributed by atoms with van der Waals surface area (Å²) in [5, 5.41) is 4.66. The highest BCUT2D eigenvalue weighted by atomic mass is 32.2. The van der Waals surface area contributed by atoms with Gasteiger partial charge in [0.25, 0.3) is 0 Å². The molecule has 0 saturated heterocycles. The number of hydrogen-bond donors (Lipinski definition) is 1. The molecule has 0 radical (unpaired) electrons. The zero-order valence-corrected chi connectivity index (χ0v) is 16.0. The molecule has 5 nitrogen and oxygen atoms in total. The number of ether oxygens (including phenoxy) is 1. The molecule has 0 unspecified atom stereocenters. The molecular weight excluding hydrogens is 360 g/mol. The van der Waals surface area contributed by atoms with Gasteiger partial charge in [0.05, 0.1) is 28.0 Å². The van der Waals surface area contributed by atoms with Crippen molar-refractivity contribution in [2.24, 2.45) is 0 Å². The summed E-state index contributed by atoms with van der Waals surface area (Å²) >= 11 is 1.37. The van der Waals surface area contributed by atoms with Gasteiger partial charge < -0.3 is 10.1 Å². The van der Waals surface area contributed by atoms with Crippen LogP contribution < -0.4 is 5.32 Å². The Bertz CT molecular complexity index is 972. The number of carbonyl (C=O) groups is 2. The van der Waals surface area contributed by atoms with Crippen molar-refractivity contribution in [1.29, 1.82) is 0 Å². The quantitative estimate of drug-likeness (QED) is 0.503. The highest BCUT2D eigenvalue weighted by Gasteiger charge is 2.11. The van der Waals surface area contributed by atoms with Crippen LogP contribution in [0.25, 0.3) is 10.9 Å². The number of rotatable bonds is 6. The summed E-state index contributed by atoms with van der Waals surface area (Å²) in [7, 11) is 0. The molecule has 1 heterocycles. The summed E-state index contributed by atoms with van der Waals surface area (Å²) in [5.74, 6) is -0.341. The number of esters is 1. The second-order valence-corrected chi connectivity index (χ2v) is 7.21. The molecule has 0 aliphatic heterocycles. The summed E-state index contributed by atoms with van der Waals surface area (Å²) in [5.41, 5.74) is 1.87. The number of thioether (sulfide) groups is 1. The maximum atomic E-state index is 12.2. The van der Waals surface area contributed by atoms with Gasteiger partial charge in [0.1, 0.15) is 0 Å². The van der Waals surface area contributed by atoms with E-state index in [1.807, 2.05) is 36.4 Å². The van der Waals surface area contributed by atoms with E-state index in [1.165, 1.54) is 11.8 Å². The summed E-state index contributed by atoms with van der Waals surface area (Å²) in [6, 6.07) is 18.5. The number of pyridine rings is 1. The second kappa shape index (κ2) is 8.68. The molecule has 6 heteroatoms. The number of para-hydroxylation sites is 1. The van der Waals surface area contributed by atoms with Gasteiger partial charge in [-0.1, -0.05) is 42.1 Å². The first-order chi connectivity index (χ1) is 13.0. The van der Waals surface area contributed by atoms with E-state index in [1.54, 1.807) is 38.1 Å². The van der Waals surface area contributed by atoms with Crippen molar-refractivity contribution < 1.29 is 14.3 Å². The van der Waals surface area contributed by atoms with E-state index in [9.17, 15) is 9.59 Å². The zero-order chi connectivity index (χ0) is 19.2. The summed E-state index contributed by atoms with van der Waals surface area (Å²) < 4.78 is 5.17. The molecule has 2 aromatic carbocycles. The van der Waals surface area contributed by atoms with Crippen LogP contribution in [-0.2, 0) is 9.53 Å². The number of nitrogens with zero attached hydrogens (tertiary/aromatic N) is 1. The van der Waals surface area contributed by atoms with Gasteiger partial charge in [-0.25, -0.2) is 9.78 Å². The van der Waals surface area contributed by atoms with Crippen LogP contribution in [0.3, 0.4) is 0 Å². The zero-order valence-electron chi connectivity index (χ0n) is 15.1. The fourth-order valence-corrected chi connectivity index (χ4v) is 3.15. The third-order valence-electron chi connectivity index (χ3n) is 3.65. The van der Waals surface area contributed by atoms with Gasteiger partial charge in [0, 0.05) is 11.1 Å². The monoisotopic (exact) mass is 380 g/mol. The molecule has 3 aromatic rings. The number of hydrogen-bond acceptors (Lipinski definition) is 5. The topological polar surface area (TPSA) is 68.3 Å². The lowest BCUT2D eigenvalue weighted by Gasteiger charge is -2.10. The molecule has 0 saturated carbocycles. The van der Waals surface area contributed by atoms with E-state index in [4.69, 9.17) is 4.74 Å². The first-order valence-corrected chi connectivity index (χ1v) is 9.59. The molecule has 0 aliphatic carbocycles. The van der Waals surface area contributed by atoms with E-state index in [-0.39, 0.29) is 17.8 Å². The number of anilines is 1. The number of fused-ring (bicyclic) bond motifs is 1. The Morgan fingerprint density at radius 2 is 1.89 bits per heavy atom. The van der Waals surface area contributed by atoms with Crippen molar-refractivity contribution >= 4 is 40.2 Å². The minimum absolute atomic E-state index is 0.163. The van der Waals surface area contributed by atoms with Crippen LogP contribution in [0.4, 0.5) is 5.69 Å². The third kappa shape index (κ3) is 5.31. The van der Waals surface area contributed by atoms with Gasteiger partial charge in [-0.2, -0.15) is 0 Å². The van der Waals surface area contributed by atoms with Crippen LogP contribution in [-0.4, -0.2) is 28.7 Å². The summed E-state index contributed by atoms with van der Waals surface area (Å²) in [4.78, 5) is 28.7. The lowest BCUT2D eigenvalue weighted by molar-refractivity contribution is -0.113. The van der Waals surface area contributed by atoms with E-state index < -0.39 is 5.97 Å². The van der Waals surface area contributed by atoms with E-state index >= 15 is 0 Å². The maximum Gasteiger partial charge on any atom is 0.338 e. The number of benzene rings is 2.